The summed E-state index contributed by atoms with van der Waals surface area (Å²) >= 11 is 0. The van der Waals surface area contributed by atoms with E-state index in [-0.39, 0.29) is 5.41 Å². The number of nitrogens with zero attached hydrogens (tertiary/aromatic N) is 3. The van der Waals surface area contributed by atoms with Crippen molar-refractivity contribution in [2.75, 3.05) is 0 Å². The quantitative estimate of drug-likeness (QED) is 0.132. The molecule has 0 bridgehead atoms. The Labute approximate surface area is 298 Å². The summed E-state index contributed by atoms with van der Waals surface area (Å²) in [5.41, 5.74) is 14.6. The molecule has 0 atom stereocenters. The van der Waals surface area contributed by atoms with Gasteiger partial charge in [0.2, 0.25) is 0 Å². The molecule has 0 spiro atoms. The van der Waals surface area contributed by atoms with E-state index in [2.05, 4.69) is 158 Å². The van der Waals surface area contributed by atoms with E-state index in [0.29, 0.717) is 0 Å². The summed E-state index contributed by atoms with van der Waals surface area (Å²) in [5.74, 6) is 0.898. The first kappa shape index (κ1) is 30.7. The van der Waals surface area contributed by atoms with Gasteiger partial charge in [-0.1, -0.05) is 142 Å². The smallest absolute Gasteiger partial charge is 0.145 e. The summed E-state index contributed by atoms with van der Waals surface area (Å²) in [4.78, 5) is 10.5. The normalized spacial score (nSPS) is 13.7. The lowest BCUT2D eigenvalue weighted by Gasteiger charge is -2.26. The van der Waals surface area contributed by atoms with Crippen LogP contribution in [0.25, 0.3) is 83.3 Å². The van der Waals surface area contributed by atoms with Crippen LogP contribution in [0.15, 0.2) is 164 Å². The number of para-hydroxylation sites is 2. The molecule has 3 heteroatoms. The van der Waals surface area contributed by atoms with Crippen molar-refractivity contribution < 1.29 is 0 Å². The topological polar surface area (TPSA) is 30.7 Å². The van der Waals surface area contributed by atoms with Gasteiger partial charge in [0.15, 0.2) is 0 Å². The molecular formula is C48H37N3. The number of benzene rings is 6. The monoisotopic (exact) mass is 655 g/mol. The zero-order chi connectivity index (χ0) is 34.7. The van der Waals surface area contributed by atoms with Crippen LogP contribution >= 0.6 is 0 Å². The number of fused-ring (bicyclic) bond motifs is 7. The van der Waals surface area contributed by atoms with E-state index in [1.54, 1.807) is 0 Å². The lowest BCUT2D eigenvalue weighted by molar-refractivity contribution is 0.662. The molecule has 244 valence electrons. The van der Waals surface area contributed by atoms with Crippen molar-refractivity contribution in [3.8, 4) is 44.9 Å². The van der Waals surface area contributed by atoms with E-state index in [4.69, 9.17) is 9.97 Å². The van der Waals surface area contributed by atoms with Crippen molar-refractivity contribution in [2.45, 2.75) is 26.2 Å². The second-order valence-corrected chi connectivity index (χ2v) is 13.8. The summed E-state index contributed by atoms with van der Waals surface area (Å²) in [7, 11) is 0. The zero-order valence-electron chi connectivity index (χ0n) is 29.1. The number of rotatable bonds is 6. The van der Waals surface area contributed by atoms with Gasteiger partial charge in [0, 0.05) is 27.6 Å². The minimum atomic E-state index is -0.214. The maximum absolute atomic E-state index is 5.38. The first-order chi connectivity index (χ1) is 25.0. The number of imidazole rings is 1. The molecule has 0 saturated carbocycles. The Morgan fingerprint density at radius 3 is 2.27 bits per heavy atom. The van der Waals surface area contributed by atoms with Gasteiger partial charge in [-0.15, -0.1) is 0 Å². The average molecular weight is 656 g/mol. The highest BCUT2D eigenvalue weighted by Crippen LogP contribution is 2.54. The number of hydrogen-bond acceptors (Lipinski definition) is 2. The third-order valence-electron chi connectivity index (χ3n) is 10.4. The Morgan fingerprint density at radius 1 is 0.686 bits per heavy atom. The molecule has 2 aromatic heterocycles. The number of aromatic nitrogens is 3. The van der Waals surface area contributed by atoms with Crippen LogP contribution in [0.3, 0.4) is 0 Å². The highest BCUT2D eigenvalue weighted by molar-refractivity contribution is 6.16. The fourth-order valence-electron chi connectivity index (χ4n) is 8.14. The molecule has 0 saturated heterocycles. The largest absolute Gasteiger partial charge is 0.292 e. The van der Waals surface area contributed by atoms with Gasteiger partial charge in [0.05, 0.1) is 22.2 Å². The molecule has 9 rings (SSSR count). The maximum atomic E-state index is 5.38. The van der Waals surface area contributed by atoms with Crippen LogP contribution in [-0.2, 0) is 5.41 Å². The van der Waals surface area contributed by atoms with Crippen LogP contribution in [0.4, 0.5) is 0 Å². The first-order valence-corrected chi connectivity index (χ1v) is 17.6. The summed E-state index contributed by atoms with van der Waals surface area (Å²) in [5, 5.41) is 3.66. The standard InChI is InChI=1S/C48H37N3/c1-5-14-36(15-6-2)51-42-23-12-11-22-40(42)50-47(51)33-26-24-31(25-27-33)34-17-13-18-35(30-34)43-44-37-19-8-7-16-32(37)28-29-41(44)49-46-38-20-9-10-21-39(38)48(3,4)45(43)46/h5-30H,1H2,2-4H3/b15-6-,36-14+. The van der Waals surface area contributed by atoms with Crippen molar-refractivity contribution in [1.29, 1.82) is 0 Å². The molecule has 1 aliphatic rings. The van der Waals surface area contributed by atoms with Gasteiger partial charge >= 0.3 is 0 Å². The van der Waals surface area contributed by atoms with E-state index >= 15 is 0 Å². The van der Waals surface area contributed by atoms with Gasteiger partial charge in [0.1, 0.15) is 5.82 Å². The lowest BCUT2D eigenvalue weighted by Crippen LogP contribution is -2.16. The van der Waals surface area contributed by atoms with Gasteiger partial charge in [-0.3, -0.25) is 4.57 Å². The molecule has 0 N–H and O–H groups in total. The molecule has 51 heavy (non-hydrogen) atoms. The van der Waals surface area contributed by atoms with Gasteiger partial charge in [-0.05, 0) is 87.5 Å². The minimum absolute atomic E-state index is 0.214. The van der Waals surface area contributed by atoms with Gasteiger partial charge in [0.25, 0.3) is 0 Å². The Kier molecular flexibility index (Phi) is 7.18. The fraction of sp³-hybridized carbons (Fsp3) is 0.0833. The SMILES string of the molecule is C=C/C=C(\C=C/C)n1c(-c2ccc(-c3cccc(-c4c5c(nc6ccc7ccccc7c46)-c4ccccc4C5(C)C)c3)cc2)nc2ccccc21. The molecule has 3 nitrogen and oxygen atoms in total. The van der Waals surface area contributed by atoms with Gasteiger partial charge < -0.3 is 0 Å². The molecule has 8 aromatic rings. The molecule has 0 amide bonds. The average Bonchev–Trinajstić information content (AvgIpc) is 3.66. The highest BCUT2D eigenvalue weighted by atomic mass is 15.1. The Hall–Kier alpha value is -6.32. The van der Waals surface area contributed by atoms with Crippen LogP contribution < -0.4 is 0 Å². The van der Waals surface area contributed by atoms with Crippen LogP contribution in [0.1, 0.15) is 31.9 Å². The highest BCUT2D eigenvalue weighted by Gasteiger charge is 2.39. The van der Waals surface area contributed by atoms with Gasteiger partial charge in [-0.2, -0.15) is 0 Å². The lowest BCUT2D eigenvalue weighted by atomic mass is 9.77. The minimum Gasteiger partial charge on any atom is -0.292 e. The molecule has 0 fully saturated rings. The Bertz CT molecular complexity index is 2740. The predicted molar refractivity (Wildman–Crippen MR) is 216 cm³/mol. The van der Waals surface area contributed by atoms with Crippen LogP contribution in [0, 0.1) is 0 Å². The summed E-state index contributed by atoms with van der Waals surface area (Å²) < 4.78 is 2.21. The van der Waals surface area contributed by atoms with E-state index in [0.717, 1.165) is 44.9 Å². The molecule has 2 heterocycles. The molecule has 6 aromatic carbocycles. The maximum Gasteiger partial charge on any atom is 0.145 e. The van der Waals surface area contributed by atoms with Crippen LogP contribution in [0.5, 0.6) is 0 Å². The second-order valence-electron chi connectivity index (χ2n) is 13.8. The van der Waals surface area contributed by atoms with Crippen LogP contribution in [-0.4, -0.2) is 14.5 Å². The Morgan fingerprint density at radius 2 is 1.43 bits per heavy atom. The van der Waals surface area contributed by atoms with Crippen LogP contribution in [0.2, 0.25) is 0 Å². The molecule has 0 unspecified atom stereocenters. The van der Waals surface area contributed by atoms with Crippen molar-refractivity contribution in [1.82, 2.24) is 14.5 Å². The number of pyridine rings is 1. The third kappa shape index (κ3) is 4.80. The van der Waals surface area contributed by atoms with Crippen molar-refractivity contribution in [2.24, 2.45) is 0 Å². The van der Waals surface area contributed by atoms with E-state index in [1.807, 2.05) is 31.2 Å². The number of hydrogen-bond donors (Lipinski definition) is 0. The molecular weight excluding hydrogens is 619 g/mol. The zero-order valence-corrected chi connectivity index (χ0v) is 29.1. The third-order valence-corrected chi connectivity index (χ3v) is 10.4. The van der Waals surface area contributed by atoms with E-state index in [9.17, 15) is 0 Å². The molecule has 0 aliphatic heterocycles. The first-order valence-electron chi connectivity index (χ1n) is 17.6. The van der Waals surface area contributed by atoms with Crippen molar-refractivity contribution in [3.63, 3.8) is 0 Å². The number of allylic oxidation sites excluding steroid dienone is 5. The van der Waals surface area contributed by atoms with Crippen molar-refractivity contribution >= 4 is 38.4 Å². The molecule has 0 radical (unpaired) electrons. The van der Waals surface area contributed by atoms with Crippen molar-refractivity contribution in [3.05, 3.63) is 175 Å². The predicted octanol–water partition coefficient (Wildman–Crippen LogP) is 12.6. The Balaban J connectivity index is 1.22. The summed E-state index contributed by atoms with van der Waals surface area (Å²) in [6, 6.07) is 48.0. The molecule has 1 aliphatic carbocycles. The van der Waals surface area contributed by atoms with E-state index < -0.39 is 0 Å². The summed E-state index contributed by atoms with van der Waals surface area (Å²) in [6.07, 6.45) is 8.00. The second kappa shape index (κ2) is 11.9. The van der Waals surface area contributed by atoms with Gasteiger partial charge in [-0.25, -0.2) is 9.97 Å². The van der Waals surface area contributed by atoms with E-state index in [1.165, 1.54) is 49.5 Å². The fourth-order valence-corrected chi connectivity index (χ4v) is 8.14. The summed E-state index contributed by atoms with van der Waals surface area (Å²) in [6.45, 7) is 10.7.